The number of aliphatic carboxylic acids is 1. The summed E-state index contributed by atoms with van der Waals surface area (Å²) in [6.07, 6.45) is 1.76. The summed E-state index contributed by atoms with van der Waals surface area (Å²) in [6, 6.07) is 3.28. The van der Waals surface area contributed by atoms with Crippen LogP contribution in [0.5, 0.6) is 0 Å². The first-order valence-corrected chi connectivity index (χ1v) is 7.36. The Balaban J connectivity index is 2.06. The van der Waals surface area contributed by atoms with Gasteiger partial charge in [0.1, 0.15) is 6.04 Å². The molecule has 1 N–H and O–H groups in total. The molecule has 2 heterocycles. The van der Waals surface area contributed by atoms with Gasteiger partial charge in [-0.1, -0.05) is 6.92 Å². The molecule has 2 unspecified atom stereocenters. The standard InChI is InChI=1S/C14H19NO3S/c1-9-5-6-15(12(7-9)14(17)18)13(16)8-11-4-3-10(2)19-11/h3-4,9,12H,5-8H2,1-2H3,(H,17,18). The molecule has 0 aromatic carbocycles. The number of aryl methyl sites for hydroxylation is 1. The first-order chi connectivity index (χ1) is 8.97. The number of hydrogen-bond acceptors (Lipinski definition) is 3. The number of carboxylic acids is 1. The van der Waals surface area contributed by atoms with Crippen molar-refractivity contribution in [3.8, 4) is 0 Å². The van der Waals surface area contributed by atoms with Gasteiger partial charge in [0.05, 0.1) is 6.42 Å². The number of nitrogens with zero attached hydrogens (tertiary/aromatic N) is 1. The topological polar surface area (TPSA) is 57.6 Å². The first kappa shape index (κ1) is 14.1. The third-order valence-corrected chi connectivity index (χ3v) is 4.59. The quantitative estimate of drug-likeness (QED) is 0.925. The van der Waals surface area contributed by atoms with E-state index in [0.717, 1.165) is 11.3 Å². The Kier molecular flexibility index (Phi) is 4.24. The van der Waals surface area contributed by atoms with Crippen LogP contribution in [-0.4, -0.2) is 34.5 Å². The van der Waals surface area contributed by atoms with Crippen LogP contribution >= 0.6 is 11.3 Å². The summed E-state index contributed by atoms with van der Waals surface area (Å²) in [6.45, 7) is 4.60. The number of likely N-dealkylation sites (tertiary alicyclic amines) is 1. The minimum absolute atomic E-state index is 0.0684. The SMILES string of the molecule is Cc1ccc(CC(=O)N2CCC(C)CC2C(=O)O)s1. The molecular weight excluding hydrogens is 262 g/mol. The molecule has 0 aliphatic carbocycles. The van der Waals surface area contributed by atoms with Crippen LogP contribution in [0.1, 0.15) is 29.5 Å². The largest absolute Gasteiger partial charge is 0.480 e. The van der Waals surface area contributed by atoms with Crippen molar-refractivity contribution in [2.45, 2.75) is 39.2 Å². The van der Waals surface area contributed by atoms with Gasteiger partial charge in [-0.05, 0) is 37.8 Å². The second-order valence-corrected chi connectivity index (χ2v) is 6.63. The van der Waals surface area contributed by atoms with Crippen molar-refractivity contribution in [1.29, 1.82) is 0 Å². The van der Waals surface area contributed by atoms with Gasteiger partial charge in [-0.25, -0.2) is 4.79 Å². The van der Waals surface area contributed by atoms with Crippen molar-refractivity contribution in [2.75, 3.05) is 6.54 Å². The number of thiophene rings is 1. The van der Waals surface area contributed by atoms with Gasteiger partial charge in [-0.2, -0.15) is 0 Å². The lowest BCUT2D eigenvalue weighted by atomic mass is 9.92. The van der Waals surface area contributed by atoms with E-state index in [-0.39, 0.29) is 5.91 Å². The summed E-state index contributed by atoms with van der Waals surface area (Å²) in [7, 11) is 0. The van der Waals surface area contributed by atoms with Crippen LogP contribution in [0.2, 0.25) is 0 Å². The average Bonchev–Trinajstić information content (AvgIpc) is 2.74. The first-order valence-electron chi connectivity index (χ1n) is 6.55. The smallest absolute Gasteiger partial charge is 0.326 e. The minimum atomic E-state index is -0.887. The van der Waals surface area contributed by atoms with E-state index in [1.54, 1.807) is 11.3 Å². The second-order valence-electron chi connectivity index (χ2n) is 5.26. The monoisotopic (exact) mass is 281 g/mol. The molecule has 1 aliphatic rings. The number of hydrogen-bond donors (Lipinski definition) is 1. The van der Waals surface area contributed by atoms with Crippen LogP contribution in [0.15, 0.2) is 12.1 Å². The molecule has 104 valence electrons. The van der Waals surface area contributed by atoms with Crippen molar-refractivity contribution >= 4 is 23.2 Å². The molecule has 1 aromatic rings. The lowest BCUT2D eigenvalue weighted by Crippen LogP contribution is -2.50. The van der Waals surface area contributed by atoms with Gasteiger partial charge in [0.15, 0.2) is 0 Å². The highest BCUT2D eigenvalue weighted by Gasteiger charge is 2.34. The number of piperidine rings is 1. The van der Waals surface area contributed by atoms with E-state index in [4.69, 9.17) is 0 Å². The molecule has 1 amide bonds. The molecule has 0 radical (unpaired) electrons. The van der Waals surface area contributed by atoms with Crippen LogP contribution in [0.25, 0.3) is 0 Å². The predicted octanol–water partition coefficient (Wildman–Crippen LogP) is 2.31. The Hall–Kier alpha value is -1.36. The van der Waals surface area contributed by atoms with Crippen LogP contribution < -0.4 is 0 Å². The number of carboxylic acid groups (broad SMARTS) is 1. The van der Waals surface area contributed by atoms with Crippen molar-refractivity contribution < 1.29 is 14.7 Å². The molecule has 2 rings (SSSR count). The van der Waals surface area contributed by atoms with E-state index in [1.165, 1.54) is 9.78 Å². The maximum Gasteiger partial charge on any atom is 0.326 e. The maximum absolute atomic E-state index is 12.3. The molecule has 5 heteroatoms. The van der Waals surface area contributed by atoms with Gasteiger partial charge in [0.25, 0.3) is 0 Å². The third-order valence-electron chi connectivity index (χ3n) is 3.59. The Bertz CT molecular complexity index is 483. The Morgan fingerprint density at radius 1 is 1.47 bits per heavy atom. The average molecular weight is 281 g/mol. The maximum atomic E-state index is 12.3. The van der Waals surface area contributed by atoms with Crippen LogP contribution in [0.3, 0.4) is 0 Å². The van der Waals surface area contributed by atoms with E-state index >= 15 is 0 Å². The Morgan fingerprint density at radius 2 is 2.21 bits per heavy atom. The van der Waals surface area contributed by atoms with Gasteiger partial charge in [-0.15, -0.1) is 11.3 Å². The van der Waals surface area contributed by atoms with Crippen molar-refractivity contribution in [3.05, 3.63) is 21.9 Å². The molecule has 1 saturated heterocycles. The molecule has 4 nitrogen and oxygen atoms in total. The summed E-state index contributed by atoms with van der Waals surface area (Å²) >= 11 is 1.60. The number of carbonyl (C=O) groups excluding carboxylic acids is 1. The molecule has 1 fully saturated rings. The zero-order valence-electron chi connectivity index (χ0n) is 11.3. The van der Waals surface area contributed by atoms with E-state index < -0.39 is 12.0 Å². The summed E-state index contributed by atoms with van der Waals surface area (Å²) in [5.74, 6) is -0.586. The molecular formula is C14H19NO3S. The predicted molar refractivity (Wildman–Crippen MR) is 74.3 cm³/mol. The van der Waals surface area contributed by atoms with Crippen molar-refractivity contribution in [2.24, 2.45) is 5.92 Å². The second kappa shape index (κ2) is 5.74. The van der Waals surface area contributed by atoms with E-state index in [1.807, 2.05) is 26.0 Å². The summed E-state index contributed by atoms with van der Waals surface area (Å²) in [5.41, 5.74) is 0. The summed E-state index contributed by atoms with van der Waals surface area (Å²) in [5, 5.41) is 9.25. The highest BCUT2D eigenvalue weighted by atomic mass is 32.1. The van der Waals surface area contributed by atoms with Crippen LogP contribution in [-0.2, 0) is 16.0 Å². The molecule has 1 aromatic heterocycles. The van der Waals surface area contributed by atoms with E-state index in [9.17, 15) is 14.7 Å². The normalized spacial score (nSPS) is 23.4. The van der Waals surface area contributed by atoms with Gasteiger partial charge in [0, 0.05) is 16.3 Å². The highest BCUT2D eigenvalue weighted by molar-refractivity contribution is 7.12. The molecule has 1 aliphatic heterocycles. The summed E-state index contributed by atoms with van der Waals surface area (Å²) < 4.78 is 0. The molecule has 0 bridgehead atoms. The number of rotatable bonds is 3. The fourth-order valence-corrected chi connectivity index (χ4v) is 3.39. The van der Waals surface area contributed by atoms with Gasteiger partial charge >= 0.3 is 5.97 Å². The summed E-state index contributed by atoms with van der Waals surface area (Å²) in [4.78, 5) is 27.3. The lowest BCUT2D eigenvalue weighted by Gasteiger charge is -2.36. The van der Waals surface area contributed by atoms with Crippen molar-refractivity contribution in [1.82, 2.24) is 4.90 Å². The number of amides is 1. The third kappa shape index (κ3) is 3.35. The molecule has 2 atom stereocenters. The fraction of sp³-hybridized carbons (Fsp3) is 0.571. The minimum Gasteiger partial charge on any atom is -0.480 e. The molecule has 0 saturated carbocycles. The Morgan fingerprint density at radius 3 is 2.79 bits per heavy atom. The molecule has 19 heavy (non-hydrogen) atoms. The zero-order chi connectivity index (χ0) is 14.0. The fourth-order valence-electron chi connectivity index (χ4n) is 2.50. The van der Waals surface area contributed by atoms with Crippen LogP contribution in [0, 0.1) is 12.8 Å². The van der Waals surface area contributed by atoms with Gasteiger partial charge < -0.3 is 10.0 Å². The zero-order valence-corrected chi connectivity index (χ0v) is 12.1. The van der Waals surface area contributed by atoms with E-state index in [0.29, 0.717) is 25.3 Å². The lowest BCUT2D eigenvalue weighted by molar-refractivity contribution is -0.152. The highest BCUT2D eigenvalue weighted by Crippen LogP contribution is 2.24. The van der Waals surface area contributed by atoms with Gasteiger partial charge in [-0.3, -0.25) is 4.79 Å². The van der Waals surface area contributed by atoms with Crippen LogP contribution in [0.4, 0.5) is 0 Å². The molecule has 0 spiro atoms. The van der Waals surface area contributed by atoms with Crippen molar-refractivity contribution in [3.63, 3.8) is 0 Å². The number of carbonyl (C=O) groups is 2. The van der Waals surface area contributed by atoms with Gasteiger partial charge in [0.2, 0.25) is 5.91 Å². The van der Waals surface area contributed by atoms with E-state index in [2.05, 4.69) is 0 Å². The Labute approximate surface area is 117 Å².